The van der Waals surface area contributed by atoms with Gasteiger partial charge in [0, 0.05) is 0 Å². The minimum atomic E-state index is 0.0574. The Hall–Kier alpha value is -0.890. The molecule has 0 N–H and O–H groups in total. The van der Waals surface area contributed by atoms with Crippen LogP contribution >= 0.6 is 0 Å². The largest absolute Gasteiger partial charge is 0.371 e. The molecule has 0 aromatic carbocycles. The van der Waals surface area contributed by atoms with Crippen LogP contribution in [0.15, 0.2) is 0 Å². The lowest BCUT2D eigenvalue weighted by Gasteiger charge is -2.29. The van der Waals surface area contributed by atoms with Crippen molar-refractivity contribution in [1.29, 1.82) is 0 Å². The van der Waals surface area contributed by atoms with Crippen molar-refractivity contribution < 1.29 is 23.7 Å². The molecule has 0 saturated carbocycles. The standard InChI is InChI=1S/C13H20N2O5/c16-13(14(1-9-5-17-9)2-10-6-18-10)15(3-11-7-19-11)4-12-8-20-12/h9-12H,1-8H2. The molecule has 112 valence electrons. The summed E-state index contributed by atoms with van der Waals surface area (Å²) in [6, 6.07) is 0.0574. The van der Waals surface area contributed by atoms with Crippen molar-refractivity contribution in [1.82, 2.24) is 9.80 Å². The number of hydrogen-bond donors (Lipinski definition) is 0. The molecule has 4 heterocycles. The second kappa shape index (κ2) is 5.14. The molecule has 20 heavy (non-hydrogen) atoms. The molecule has 4 aliphatic heterocycles. The van der Waals surface area contributed by atoms with Crippen LogP contribution in [0, 0.1) is 0 Å². The maximum absolute atomic E-state index is 12.7. The molecule has 0 radical (unpaired) electrons. The van der Waals surface area contributed by atoms with Crippen molar-refractivity contribution in [3.63, 3.8) is 0 Å². The van der Waals surface area contributed by atoms with Crippen LogP contribution in [0.25, 0.3) is 0 Å². The number of carbonyl (C=O) groups excluding carboxylic acids is 1. The number of carbonyl (C=O) groups is 1. The van der Waals surface area contributed by atoms with E-state index in [1.165, 1.54) is 0 Å². The third kappa shape index (κ3) is 3.60. The topological polar surface area (TPSA) is 73.7 Å². The van der Waals surface area contributed by atoms with Gasteiger partial charge in [0.15, 0.2) is 0 Å². The molecule has 0 spiro atoms. The molecule has 0 aliphatic carbocycles. The van der Waals surface area contributed by atoms with Crippen molar-refractivity contribution in [2.24, 2.45) is 0 Å². The van der Waals surface area contributed by atoms with Crippen molar-refractivity contribution in [2.45, 2.75) is 24.4 Å². The molecular formula is C13H20N2O5. The lowest BCUT2D eigenvalue weighted by atomic mass is 10.3. The number of amides is 2. The number of nitrogens with zero attached hydrogens (tertiary/aromatic N) is 2. The summed E-state index contributed by atoms with van der Waals surface area (Å²) < 4.78 is 21.0. The quantitative estimate of drug-likeness (QED) is 0.551. The fourth-order valence-electron chi connectivity index (χ4n) is 2.34. The first-order chi connectivity index (χ1) is 9.78. The van der Waals surface area contributed by atoms with Crippen LogP contribution in [-0.2, 0) is 18.9 Å². The monoisotopic (exact) mass is 284 g/mol. The molecular weight excluding hydrogens is 264 g/mol. The van der Waals surface area contributed by atoms with Gasteiger partial charge in [0.1, 0.15) is 0 Å². The Kier molecular flexibility index (Phi) is 3.30. The van der Waals surface area contributed by atoms with Crippen molar-refractivity contribution in [2.75, 3.05) is 52.6 Å². The van der Waals surface area contributed by atoms with Gasteiger partial charge in [-0.15, -0.1) is 0 Å². The summed E-state index contributed by atoms with van der Waals surface area (Å²) in [4.78, 5) is 16.4. The van der Waals surface area contributed by atoms with E-state index >= 15 is 0 Å². The number of rotatable bonds is 8. The van der Waals surface area contributed by atoms with E-state index in [9.17, 15) is 4.79 Å². The van der Waals surface area contributed by atoms with E-state index in [1.54, 1.807) is 0 Å². The van der Waals surface area contributed by atoms with E-state index in [2.05, 4.69) is 0 Å². The summed E-state index contributed by atoms with van der Waals surface area (Å²) in [5, 5.41) is 0. The predicted octanol–water partition coefficient (Wildman–Crippen LogP) is -0.694. The van der Waals surface area contributed by atoms with Crippen LogP contribution < -0.4 is 0 Å². The van der Waals surface area contributed by atoms with E-state index in [0.717, 1.165) is 26.4 Å². The lowest BCUT2D eigenvalue weighted by Crippen LogP contribution is -2.48. The van der Waals surface area contributed by atoms with Gasteiger partial charge in [-0.05, 0) is 0 Å². The molecule has 4 rings (SSSR count). The van der Waals surface area contributed by atoms with E-state index in [4.69, 9.17) is 18.9 Å². The number of ether oxygens (including phenoxy) is 4. The SMILES string of the molecule is O=C(N(CC1CO1)CC1CO1)N(CC1CO1)CC1CO1. The number of urea groups is 1. The van der Waals surface area contributed by atoms with Gasteiger partial charge < -0.3 is 28.7 Å². The van der Waals surface area contributed by atoms with Gasteiger partial charge in [-0.1, -0.05) is 0 Å². The molecule has 4 fully saturated rings. The van der Waals surface area contributed by atoms with Crippen molar-refractivity contribution in [3.8, 4) is 0 Å². The van der Waals surface area contributed by atoms with E-state index in [1.807, 2.05) is 9.80 Å². The molecule has 4 saturated heterocycles. The highest BCUT2D eigenvalue weighted by atomic mass is 16.6. The predicted molar refractivity (Wildman–Crippen MR) is 67.5 cm³/mol. The number of epoxide rings is 4. The lowest BCUT2D eigenvalue weighted by molar-refractivity contribution is 0.135. The maximum Gasteiger partial charge on any atom is 0.320 e. The van der Waals surface area contributed by atoms with E-state index in [-0.39, 0.29) is 30.4 Å². The first kappa shape index (κ1) is 12.8. The molecule has 0 aromatic heterocycles. The zero-order valence-electron chi connectivity index (χ0n) is 11.4. The zero-order valence-corrected chi connectivity index (χ0v) is 11.4. The summed E-state index contributed by atoms with van der Waals surface area (Å²) in [7, 11) is 0. The third-order valence-corrected chi connectivity index (χ3v) is 3.85. The van der Waals surface area contributed by atoms with Crippen LogP contribution in [0.4, 0.5) is 4.79 Å². The zero-order chi connectivity index (χ0) is 13.5. The summed E-state index contributed by atoms with van der Waals surface area (Å²) in [5.74, 6) is 0. The van der Waals surface area contributed by atoms with Crippen LogP contribution in [0.2, 0.25) is 0 Å². The molecule has 2 amide bonds. The van der Waals surface area contributed by atoms with Crippen LogP contribution in [0.1, 0.15) is 0 Å². The molecule has 4 aliphatic rings. The summed E-state index contributed by atoms with van der Waals surface area (Å²) in [6.07, 6.45) is 0.811. The minimum absolute atomic E-state index is 0.0574. The van der Waals surface area contributed by atoms with E-state index in [0.29, 0.717) is 26.2 Å². The number of hydrogen-bond acceptors (Lipinski definition) is 5. The van der Waals surface area contributed by atoms with Gasteiger partial charge in [0.05, 0.1) is 77.0 Å². The van der Waals surface area contributed by atoms with Crippen LogP contribution in [0.5, 0.6) is 0 Å². The molecule has 4 atom stereocenters. The van der Waals surface area contributed by atoms with Gasteiger partial charge >= 0.3 is 6.03 Å². The minimum Gasteiger partial charge on any atom is -0.371 e. The van der Waals surface area contributed by atoms with Gasteiger partial charge in [0.2, 0.25) is 0 Å². The van der Waals surface area contributed by atoms with Crippen LogP contribution in [-0.4, -0.2) is 92.9 Å². The highest BCUT2D eigenvalue weighted by Gasteiger charge is 2.38. The second-order valence-electron chi connectivity index (χ2n) is 5.91. The summed E-state index contributed by atoms with van der Waals surface area (Å²) >= 11 is 0. The Bertz CT molecular complexity index is 315. The molecule has 7 nitrogen and oxygen atoms in total. The normalized spacial score (nSPS) is 36.4. The Morgan fingerprint density at radius 2 is 0.950 bits per heavy atom. The van der Waals surface area contributed by atoms with E-state index < -0.39 is 0 Å². The first-order valence-corrected chi connectivity index (χ1v) is 7.28. The van der Waals surface area contributed by atoms with Gasteiger partial charge in [0.25, 0.3) is 0 Å². The maximum atomic E-state index is 12.7. The first-order valence-electron chi connectivity index (χ1n) is 7.28. The Morgan fingerprint density at radius 1 is 0.700 bits per heavy atom. The molecule has 7 heteroatoms. The van der Waals surface area contributed by atoms with Gasteiger partial charge in [-0.25, -0.2) is 4.79 Å². The van der Waals surface area contributed by atoms with Gasteiger partial charge in [-0.2, -0.15) is 0 Å². The Balaban J connectivity index is 1.38. The van der Waals surface area contributed by atoms with Crippen LogP contribution in [0.3, 0.4) is 0 Å². The van der Waals surface area contributed by atoms with Crippen molar-refractivity contribution in [3.05, 3.63) is 0 Å². The average molecular weight is 284 g/mol. The van der Waals surface area contributed by atoms with Gasteiger partial charge in [-0.3, -0.25) is 0 Å². The molecule has 0 aromatic rings. The highest BCUT2D eigenvalue weighted by molar-refractivity contribution is 5.74. The molecule has 0 bridgehead atoms. The van der Waals surface area contributed by atoms with Crippen molar-refractivity contribution >= 4 is 6.03 Å². The second-order valence-corrected chi connectivity index (χ2v) is 5.91. The third-order valence-electron chi connectivity index (χ3n) is 3.85. The average Bonchev–Trinajstić information content (AvgIpc) is 3.24. The Morgan fingerprint density at radius 3 is 1.15 bits per heavy atom. The summed E-state index contributed by atoms with van der Waals surface area (Å²) in [5.41, 5.74) is 0. The summed E-state index contributed by atoms with van der Waals surface area (Å²) in [6.45, 7) is 5.66. The Labute approximate surface area is 117 Å². The molecule has 4 unspecified atom stereocenters. The highest BCUT2D eigenvalue weighted by Crippen LogP contribution is 2.20. The fraction of sp³-hybridized carbons (Fsp3) is 0.923. The fourth-order valence-corrected chi connectivity index (χ4v) is 2.34. The smallest absolute Gasteiger partial charge is 0.320 e.